The molecule has 3 nitrogen and oxygen atoms in total. The Kier molecular flexibility index (Phi) is 4.25. The van der Waals surface area contributed by atoms with Crippen LogP contribution in [0.15, 0.2) is 0 Å². The molecule has 2 unspecified atom stereocenters. The number of rotatable bonds is 4. The van der Waals surface area contributed by atoms with E-state index in [1.807, 2.05) is 6.92 Å². The molecule has 1 aliphatic heterocycles. The van der Waals surface area contributed by atoms with Gasteiger partial charge in [0.25, 0.3) is 0 Å². The van der Waals surface area contributed by atoms with Gasteiger partial charge < -0.3 is 14.3 Å². The maximum absolute atomic E-state index is 10.3. The van der Waals surface area contributed by atoms with Gasteiger partial charge in [0.05, 0.1) is 6.61 Å². The molecule has 0 aromatic carbocycles. The van der Waals surface area contributed by atoms with Crippen molar-refractivity contribution in [1.82, 2.24) is 0 Å². The van der Waals surface area contributed by atoms with Gasteiger partial charge in [0.1, 0.15) is 6.29 Å². The minimum Gasteiger partial charge on any atom is -0.353 e. The summed E-state index contributed by atoms with van der Waals surface area (Å²) in [4.78, 5) is 10.3. The molecule has 1 fully saturated rings. The van der Waals surface area contributed by atoms with Crippen molar-refractivity contribution in [2.75, 3.05) is 13.2 Å². The van der Waals surface area contributed by atoms with Gasteiger partial charge in [0, 0.05) is 12.5 Å². The van der Waals surface area contributed by atoms with Gasteiger partial charge in [-0.1, -0.05) is 6.92 Å². The van der Waals surface area contributed by atoms with Gasteiger partial charge in [-0.15, -0.1) is 0 Å². The highest BCUT2D eigenvalue weighted by Crippen LogP contribution is 2.14. The lowest BCUT2D eigenvalue weighted by molar-refractivity contribution is -0.168. The van der Waals surface area contributed by atoms with E-state index in [1.54, 1.807) is 0 Å². The summed E-state index contributed by atoms with van der Waals surface area (Å²) in [5.74, 6) is -0.0180. The van der Waals surface area contributed by atoms with E-state index in [0.29, 0.717) is 6.61 Å². The third kappa shape index (κ3) is 3.32. The van der Waals surface area contributed by atoms with Crippen LogP contribution in [0.1, 0.15) is 26.2 Å². The molecule has 0 N–H and O–H groups in total. The maximum Gasteiger partial charge on any atom is 0.157 e. The first kappa shape index (κ1) is 9.68. The molecule has 70 valence electrons. The first-order valence-corrected chi connectivity index (χ1v) is 4.51. The Labute approximate surface area is 73.0 Å². The van der Waals surface area contributed by atoms with Crippen LogP contribution >= 0.6 is 0 Å². The molecular weight excluding hydrogens is 156 g/mol. The second-order valence-corrected chi connectivity index (χ2v) is 3.24. The van der Waals surface area contributed by atoms with Gasteiger partial charge in [-0.2, -0.15) is 0 Å². The lowest BCUT2D eigenvalue weighted by Gasteiger charge is -2.23. The SMILES string of the molecule is CC(C=O)COC1CCCCO1. The Balaban J connectivity index is 2.08. The predicted octanol–water partition coefficient (Wildman–Crippen LogP) is 1.36. The second-order valence-electron chi connectivity index (χ2n) is 3.24. The largest absolute Gasteiger partial charge is 0.353 e. The summed E-state index contributed by atoms with van der Waals surface area (Å²) < 4.78 is 10.7. The maximum atomic E-state index is 10.3. The van der Waals surface area contributed by atoms with E-state index in [2.05, 4.69) is 0 Å². The highest BCUT2D eigenvalue weighted by molar-refractivity contribution is 5.52. The van der Waals surface area contributed by atoms with Crippen molar-refractivity contribution in [3.8, 4) is 0 Å². The summed E-state index contributed by atoms with van der Waals surface area (Å²) in [6.45, 7) is 3.12. The Hall–Kier alpha value is -0.410. The normalized spacial score (nSPS) is 26.6. The van der Waals surface area contributed by atoms with Crippen LogP contribution in [0.2, 0.25) is 0 Å². The number of hydrogen-bond donors (Lipinski definition) is 0. The number of hydrogen-bond acceptors (Lipinski definition) is 3. The standard InChI is InChI=1S/C9H16O3/c1-8(6-10)7-12-9-4-2-3-5-11-9/h6,8-9H,2-5,7H2,1H3. The van der Waals surface area contributed by atoms with Crippen LogP contribution < -0.4 is 0 Å². The minimum absolute atomic E-state index is 0.0180. The van der Waals surface area contributed by atoms with Crippen molar-refractivity contribution in [3.63, 3.8) is 0 Å². The molecule has 0 radical (unpaired) electrons. The summed E-state index contributed by atoms with van der Waals surface area (Å²) in [6.07, 6.45) is 4.10. The van der Waals surface area contributed by atoms with Crippen LogP contribution in [0.3, 0.4) is 0 Å². The number of carbonyl (C=O) groups is 1. The van der Waals surface area contributed by atoms with E-state index in [1.165, 1.54) is 6.42 Å². The van der Waals surface area contributed by atoms with Gasteiger partial charge in [-0.05, 0) is 19.3 Å². The third-order valence-electron chi connectivity index (χ3n) is 1.92. The summed E-state index contributed by atoms with van der Waals surface area (Å²) in [5, 5.41) is 0. The van der Waals surface area contributed by atoms with Gasteiger partial charge in [0.15, 0.2) is 6.29 Å². The molecule has 0 aromatic rings. The van der Waals surface area contributed by atoms with Crippen molar-refractivity contribution < 1.29 is 14.3 Å². The van der Waals surface area contributed by atoms with E-state index in [0.717, 1.165) is 25.7 Å². The zero-order chi connectivity index (χ0) is 8.81. The number of aldehydes is 1. The van der Waals surface area contributed by atoms with E-state index in [9.17, 15) is 4.79 Å². The van der Waals surface area contributed by atoms with Gasteiger partial charge in [0.2, 0.25) is 0 Å². The van der Waals surface area contributed by atoms with Gasteiger partial charge in [-0.3, -0.25) is 0 Å². The molecule has 1 aliphatic rings. The third-order valence-corrected chi connectivity index (χ3v) is 1.92. The van der Waals surface area contributed by atoms with Crippen molar-refractivity contribution in [1.29, 1.82) is 0 Å². The first-order chi connectivity index (χ1) is 5.83. The lowest BCUT2D eigenvalue weighted by atomic mass is 10.2. The molecule has 0 aromatic heterocycles. The van der Waals surface area contributed by atoms with Crippen molar-refractivity contribution in [3.05, 3.63) is 0 Å². The minimum atomic E-state index is -0.0684. The molecule has 0 bridgehead atoms. The molecule has 1 saturated heterocycles. The fourth-order valence-corrected chi connectivity index (χ4v) is 1.14. The Morgan fingerprint density at radius 3 is 3.08 bits per heavy atom. The van der Waals surface area contributed by atoms with Crippen LogP contribution in [-0.4, -0.2) is 25.8 Å². The fourth-order valence-electron chi connectivity index (χ4n) is 1.14. The molecule has 0 amide bonds. The average molecular weight is 172 g/mol. The smallest absolute Gasteiger partial charge is 0.157 e. The monoisotopic (exact) mass is 172 g/mol. The Morgan fingerprint density at radius 2 is 2.50 bits per heavy atom. The van der Waals surface area contributed by atoms with E-state index >= 15 is 0 Å². The lowest BCUT2D eigenvalue weighted by Crippen LogP contribution is -2.24. The predicted molar refractivity (Wildman–Crippen MR) is 44.8 cm³/mol. The molecule has 1 rings (SSSR count). The van der Waals surface area contributed by atoms with Crippen LogP contribution in [0.5, 0.6) is 0 Å². The fraction of sp³-hybridized carbons (Fsp3) is 0.889. The highest BCUT2D eigenvalue weighted by Gasteiger charge is 2.14. The van der Waals surface area contributed by atoms with Crippen LogP contribution in [0.4, 0.5) is 0 Å². The molecule has 0 saturated carbocycles. The molecule has 0 spiro atoms. The average Bonchev–Trinajstić information content (AvgIpc) is 2.16. The van der Waals surface area contributed by atoms with E-state index in [-0.39, 0.29) is 12.2 Å². The molecule has 1 heterocycles. The van der Waals surface area contributed by atoms with Crippen LogP contribution in [0.25, 0.3) is 0 Å². The molecule has 12 heavy (non-hydrogen) atoms. The second kappa shape index (κ2) is 5.27. The van der Waals surface area contributed by atoms with E-state index in [4.69, 9.17) is 9.47 Å². The highest BCUT2D eigenvalue weighted by atomic mass is 16.7. The summed E-state index contributed by atoms with van der Waals surface area (Å²) >= 11 is 0. The summed E-state index contributed by atoms with van der Waals surface area (Å²) in [6, 6.07) is 0. The first-order valence-electron chi connectivity index (χ1n) is 4.51. The summed E-state index contributed by atoms with van der Waals surface area (Å²) in [7, 11) is 0. The Bertz CT molecular complexity index is 130. The molecule has 0 aliphatic carbocycles. The van der Waals surface area contributed by atoms with Gasteiger partial charge >= 0.3 is 0 Å². The quantitative estimate of drug-likeness (QED) is 0.601. The molecule has 3 heteroatoms. The van der Waals surface area contributed by atoms with Crippen molar-refractivity contribution >= 4 is 6.29 Å². The van der Waals surface area contributed by atoms with Crippen LogP contribution in [-0.2, 0) is 14.3 Å². The van der Waals surface area contributed by atoms with Crippen molar-refractivity contribution in [2.24, 2.45) is 5.92 Å². The zero-order valence-electron chi connectivity index (χ0n) is 7.49. The van der Waals surface area contributed by atoms with Crippen LogP contribution in [0, 0.1) is 5.92 Å². The van der Waals surface area contributed by atoms with Gasteiger partial charge in [-0.25, -0.2) is 0 Å². The summed E-state index contributed by atoms with van der Waals surface area (Å²) in [5.41, 5.74) is 0. The zero-order valence-corrected chi connectivity index (χ0v) is 7.49. The Morgan fingerprint density at radius 1 is 1.67 bits per heavy atom. The van der Waals surface area contributed by atoms with E-state index < -0.39 is 0 Å². The topological polar surface area (TPSA) is 35.5 Å². The number of ether oxygens (including phenoxy) is 2. The molecular formula is C9H16O3. The molecule has 2 atom stereocenters. The number of carbonyl (C=O) groups excluding carboxylic acids is 1. The van der Waals surface area contributed by atoms with Crippen molar-refractivity contribution in [2.45, 2.75) is 32.5 Å².